The normalized spacial score (nSPS) is 13.1. The molecule has 0 bridgehead atoms. The molecule has 77 heavy (non-hydrogen) atoms. The molecule has 0 aliphatic rings. The Balaban J connectivity index is 4.27. The standard InChI is InChI=1S/C71H114O6/c1-4-7-10-13-16-19-22-24-25-26-27-28-29-30-31-32-33-34-35-36-37-38-39-40-41-42-43-44-45-47-49-52-55-58-61-64-70(73)76-67-68(66-75-69(72)63-60-57-54-51-48-21-18-15-12-9-6-3)77-71(74)65-62-59-56-53-50-46-23-20-17-14-11-8-5-2/h7,10-11,14,16,19-20,23-25,27-28,30-31,33-34,36-37,39-40,42-43,45,47,68H,4-6,8-9,12-13,15,17-18,21-22,26,29,32,35,38,41,44,46,48-67H2,1-3H3/b10-7-,14-11-,19-16-,23-20-,25-24-,28-27-,31-30-,34-33-,37-36-,40-39-,43-42-,47-45-. The molecule has 0 aromatic carbocycles. The minimum atomic E-state index is -0.799. The molecule has 0 aromatic rings. The van der Waals surface area contributed by atoms with Crippen LogP contribution in [0.4, 0.5) is 0 Å². The summed E-state index contributed by atoms with van der Waals surface area (Å²) in [5, 5.41) is 0. The Hall–Kier alpha value is -4.71. The smallest absolute Gasteiger partial charge is 0.306 e. The van der Waals surface area contributed by atoms with Gasteiger partial charge < -0.3 is 14.2 Å². The molecule has 0 saturated carbocycles. The summed E-state index contributed by atoms with van der Waals surface area (Å²) in [6, 6.07) is 0. The monoisotopic (exact) mass is 1060 g/mol. The molecule has 6 nitrogen and oxygen atoms in total. The van der Waals surface area contributed by atoms with Crippen molar-refractivity contribution in [3.63, 3.8) is 0 Å². The number of carbonyl (C=O) groups excluding carboxylic acids is 3. The van der Waals surface area contributed by atoms with Crippen LogP contribution in [0.2, 0.25) is 0 Å². The van der Waals surface area contributed by atoms with Gasteiger partial charge in [-0.05, 0) is 122 Å². The van der Waals surface area contributed by atoms with Gasteiger partial charge in [-0.1, -0.05) is 269 Å². The van der Waals surface area contributed by atoms with Crippen molar-refractivity contribution < 1.29 is 28.6 Å². The van der Waals surface area contributed by atoms with Crippen LogP contribution in [0.3, 0.4) is 0 Å². The van der Waals surface area contributed by atoms with E-state index in [-0.39, 0.29) is 31.1 Å². The molecule has 0 radical (unpaired) electrons. The Morgan fingerprint density at radius 2 is 0.532 bits per heavy atom. The summed E-state index contributed by atoms with van der Waals surface area (Å²) in [4.78, 5) is 38.1. The molecule has 0 amide bonds. The Kier molecular flexibility index (Phi) is 59.9. The predicted octanol–water partition coefficient (Wildman–Crippen LogP) is 21.5. The molecule has 0 aromatic heterocycles. The summed E-state index contributed by atoms with van der Waals surface area (Å²) in [6.07, 6.45) is 91.4. The number of carbonyl (C=O) groups is 3. The van der Waals surface area contributed by atoms with Crippen molar-refractivity contribution in [3.8, 4) is 0 Å². The topological polar surface area (TPSA) is 78.9 Å². The Labute approximate surface area is 474 Å². The van der Waals surface area contributed by atoms with Crippen LogP contribution in [0.1, 0.15) is 265 Å². The SMILES string of the molecule is CC/C=C\C/C=C\C/C=C\C/C=C\C/C=C\C/C=C\C/C=C\C/C=C\C/C=C\C/C=C\CCCCCCC(=O)OCC(COC(=O)CCCCCCCCCCCCC)OC(=O)CCCCCCC/C=C\C/C=C\CCC. The van der Waals surface area contributed by atoms with Crippen LogP contribution < -0.4 is 0 Å². The molecule has 434 valence electrons. The molecule has 0 spiro atoms. The number of unbranched alkanes of at least 4 members (excludes halogenated alkanes) is 20. The Morgan fingerprint density at radius 1 is 0.273 bits per heavy atom. The predicted molar refractivity (Wildman–Crippen MR) is 334 cm³/mol. The Morgan fingerprint density at radius 3 is 0.844 bits per heavy atom. The zero-order valence-electron chi connectivity index (χ0n) is 49.7. The van der Waals surface area contributed by atoms with Gasteiger partial charge in [0.15, 0.2) is 6.10 Å². The molecule has 0 aliphatic heterocycles. The van der Waals surface area contributed by atoms with E-state index in [0.717, 1.165) is 167 Å². The lowest BCUT2D eigenvalue weighted by atomic mass is 10.1. The minimum absolute atomic E-state index is 0.0940. The van der Waals surface area contributed by atoms with Crippen molar-refractivity contribution >= 4 is 17.9 Å². The van der Waals surface area contributed by atoms with E-state index in [4.69, 9.17) is 14.2 Å². The first kappa shape index (κ1) is 72.3. The largest absolute Gasteiger partial charge is 0.462 e. The molecule has 0 N–H and O–H groups in total. The Bertz CT molecular complexity index is 1700. The lowest BCUT2D eigenvalue weighted by Gasteiger charge is -2.18. The third kappa shape index (κ3) is 62.0. The fourth-order valence-electron chi connectivity index (χ4n) is 8.15. The van der Waals surface area contributed by atoms with Gasteiger partial charge in [-0.15, -0.1) is 0 Å². The molecule has 1 atom stereocenters. The van der Waals surface area contributed by atoms with Gasteiger partial charge in [0.1, 0.15) is 13.2 Å². The number of rotatable bonds is 55. The zero-order chi connectivity index (χ0) is 55.7. The number of hydrogen-bond donors (Lipinski definition) is 0. The van der Waals surface area contributed by atoms with Crippen LogP contribution in [0, 0.1) is 0 Å². The highest BCUT2D eigenvalue weighted by Gasteiger charge is 2.19. The first-order valence-electron chi connectivity index (χ1n) is 31.3. The van der Waals surface area contributed by atoms with E-state index < -0.39 is 6.10 Å². The second-order valence-electron chi connectivity index (χ2n) is 20.2. The van der Waals surface area contributed by atoms with Crippen LogP contribution in [0.5, 0.6) is 0 Å². The molecule has 0 saturated heterocycles. The van der Waals surface area contributed by atoms with Crippen molar-refractivity contribution in [2.24, 2.45) is 0 Å². The van der Waals surface area contributed by atoms with E-state index in [1.54, 1.807) is 0 Å². The maximum absolute atomic E-state index is 12.8. The lowest BCUT2D eigenvalue weighted by Crippen LogP contribution is -2.30. The van der Waals surface area contributed by atoms with Crippen LogP contribution in [-0.2, 0) is 28.6 Å². The van der Waals surface area contributed by atoms with Crippen LogP contribution in [-0.4, -0.2) is 37.2 Å². The van der Waals surface area contributed by atoms with Gasteiger partial charge in [0.05, 0.1) is 0 Å². The summed E-state index contributed by atoms with van der Waals surface area (Å²) in [5.74, 6) is -0.938. The fourth-order valence-corrected chi connectivity index (χ4v) is 8.15. The molecule has 0 heterocycles. The van der Waals surface area contributed by atoms with Crippen molar-refractivity contribution in [1.82, 2.24) is 0 Å². The highest BCUT2D eigenvalue weighted by molar-refractivity contribution is 5.71. The van der Waals surface area contributed by atoms with E-state index in [2.05, 4.69) is 167 Å². The summed E-state index contributed by atoms with van der Waals surface area (Å²) in [6.45, 7) is 6.41. The average Bonchev–Trinajstić information content (AvgIpc) is 3.43. The molecule has 0 fully saturated rings. The molecular formula is C71H114O6. The van der Waals surface area contributed by atoms with Crippen molar-refractivity contribution in [3.05, 3.63) is 146 Å². The maximum atomic E-state index is 12.8. The first-order chi connectivity index (χ1) is 38.0. The number of ether oxygens (including phenoxy) is 3. The van der Waals surface area contributed by atoms with Crippen LogP contribution in [0.15, 0.2) is 146 Å². The van der Waals surface area contributed by atoms with E-state index in [1.165, 1.54) is 57.8 Å². The summed E-state index contributed by atoms with van der Waals surface area (Å²) in [5.41, 5.74) is 0. The summed E-state index contributed by atoms with van der Waals surface area (Å²) in [7, 11) is 0. The molecule has 0 rings (SSSR count). The van der Waals surface area contributed by atoms with Crippen molar-refractivity contribution in [1.29, 1.82) is 0 Å². The van der Waals surface area contributed by atoms with Gasteiger partial charge in [0.2, 0.25) is 0 Å². The molecule has 0 aliphatic carbocycles. The lowest BCUT2D eigenvalue weighted by molar-refractivity contribution is -0.167. The second-order valence-corrected chi connectivity index (χ2v) is 20.2. The molecular weight excluding hydrogens is 949 g/mol. The first-order valence-corrected chi connectivity index (χ1v) is 31.3. The van der Waals surface area contributed by atoms with Gasteiger partial charge in [-0.2, -0.15) is 0 Å². The van der Waals surface area contributed by atoms with Gasteiger partial charge in [0.25, 0.3) is 0 Å². The number of esters is 3. The third-order valence-corrected chi connectivity index (χ3v) is 12.8. The fraction of sp³-hybridized carbons (Fsp3) is 0.620. The van der Waals surface area contributed by atoms with Gasteiger partial charge >= 0.3 is 17.9 Å². The van der Waals surface area contributed by atoms with Gasteiger partial charge in [0, 0.05) is 19.3 Å². The summed E-state index contributed by atoms with van der Waals surface area (Å²) >= 11 is 0. The highest BCUT2D eigenvalue weighted by Crippen LogP contribution is 2.14. The average molecular weight is 1060 g/mol. The maximum Gasteiger partial charge on any atom is 0.306 e. The highest BCUT2D eigenvalue weighted by atomic mass is 16.6. The quantitative estimate of drug-likeness (QED) is 0.0261. The van der Waals surface area contributed by atoms with E-state index in [0.29, 0.717) is 19.3 Å². The number of allylic oxidation sites excluding steroid dienone is 24. The molecule has 6 heteroatoms. The number of hydrogen-bond acceptors (Lipinski definition) is 6. The van der Waals surface area contributed by atoms with Crippen LogP contribution in [0.25, 0.3) is 0 Å². The van der Waals surface area contributed by atoms with E-state index >= 15 is 0 Å². The van der Waals surface area contributed by atoms with Gasteiger partial charge in [-0.3, -0.25) is 14.4 Å². The van der Waals surface area contributed by atoms with Crippen molar-refractivity contribution in [2.45, 2.75) is 271 Å². The van der Waals surface area contributed by atoms with Crippen LogP contribution >= 0.6 is 0 Å². The summed E-state index contributed by atoms with van der Waals surface area (Å²) < 4.78 is 16.8. The van der Waals surface area contributed by atoms with Crippen molar-refractivity contribution in [2.75, 3.05) is 13.2 Å². The van der Waals surface area contributed by atoms with Gasteiger partial charge in [-0.25, -0.2) is 0 Å². The second kappa shape index (κ2) is 63.8. The minimum Gasteiger partial charge on any atom is -0.462 e. The third-order valence-electron chi connectivity index (χ3n) is 12.8. The zero-order valence-corrected chi connectivity index (χ0v) is 49.7. The van der Waals surface area contributed by atoms with E-state index in [9.17, 15) is 14.4 Å². The van der Waals surface area contributed by atoms with E-state index in [1.807, 2.05) is 0 Å². The molecule has 1 unspecified atom stereocenters.